The van der Waals surface area contributed by atoms with Gasteiger partial charge in [-0.1, -0.05) is 23.7 Å². The van der Waals surface area contributed by atoms with E-state index in [2.05, 4.69) is 26.8 Å². The van der Waals surface area contributed by atoms with Crippen molar-refractivity contribution >= 4 is 11.6 Å². The molecule has 3 atom stereocenters. The Morgan fingerprint density at radius 2 is 2.07 bits per heavy atom. The molecule has 2 aromatic rings. The molecule has 4 rings (SSSR count). The molecule has 2 aliphatic rings. The molecule has 1 N–H and O–H groups in total. The molecule has 1 saturated carbocycles. The molecule has 4 nitrogen and oxygen atoms in total. The van der Waals surface area contributed by atoms with Crippen molar-refractivity contribution in [3.8, 4) is 5.75 Å². The number of ether oxygens (including phenoxy) is 1. The SMILES string of the molecule is CC(c1[nH]ncc1Cl)N1CC2C(CCc3cccc(OC(F)(F)F)c3)C2C1. The molecule has 3 unspecified atom stereocenters. The van der Waals surface area contributed by atoms with Gasteiger partial charge in [0.25, 0.3) is 0 Å². The number of fused-ring (bicyclic) bond motifs is 1. The molecular formula is C19H21ClF3N3O. The maximum atomic E-state index is 12.3. The molecule has 1 aliphatic carbocycles. The van der Waals surface area contributed by atoms with Crippen LogP contribution in [0.5, 0.6) is 5.75 Å². The highest BCUT2D eigenvalue weighted by atomic mass is 35.5. The number of benzene rings is 1. The van der Waals surface area contributed by atoms with Crippen molar-refractivity contribution in [2.24, 2.45) is 17.8 Å². The van der Waals surface area contributed by atoms with Gasteiger partial charge in [-0.15, -0.1) is 13.2 Å². The minimum absolute atomic E-state index is 0.146. The van der Waals surface area contributed by atoms with Gasteiger partial charge in [-0.3, -0.25) is 10.00 Å². The highest BCUT2D eigenvalue weighted by Crippen LogP contribution is 2.55. The third-order valence-corrected chi connectivity index (χ3v) is 6.18. The summed E-state index contributed by atoms with van der Waals surface area (Å²) >= 11 is 6.16. The normalized spacial score (nSPS) is 26.0. The number of nitrogens with zero attached hydrogens (tertiary/aromatic N) is 2. The second-order valence-corrected chi connectivity index (χ2v) is 7.89. The van der Waals surface area contributed by atoms with Gasteiger partial charge < -0.3 is 4.74 Å². The Labute approximate surface area is 160 Å². The Balaban J connectivity index is 1.27. The Morgan fingerprint density at radius 3 is 2.70 bits per heavy atom. The number of hydrogen-bond acceptors (Lipinski definition) is 3. The van der Waals surface area contributed by atoms with Gasteiger partial charge in [-0.25, -0.2) is 0 Å². The van der Waals surface area contributed by atoms with Gasteiger partial charge in [0.15, 0.2) is 0 Å². The van der Waals surface area contributed by atoms with Crippen LogP contribution in [-0.4, -0.2) is 34.5 Å². The first-order valence-corrected chi connectivity index (χ1v) is 9.47. The average molecular weight is 400 g/mol. The molecule has 2 fully saturated rings. The van der Waals surface area contributed by atoms with Gasteiger partial charge in [0.1, 0.15) is 5.75 Å². The smallest absolute Gasteiger partial charge is 0.406 e. The summed E-state index contributed by atoms with van der Waals surface area (Å²) in [5, 5.41) is 7.63. The summed E-state index contributed by atoms with van der Waals surface area (Å²) < 4.78 is 41.0. The molecule has 0 bridgehead atoms. The Kier molecular flexibility index (Phi) is 4.84. The predicted molar refractivity (Wildman–Crippen MR) is 95.5 cm³/mol. The zero-order chi connectivity index (χ0) is 19.2. The summed E-state index contributed by atoms with van der Waals surface area (Å²) in [6.07, 6.45) is -1.25. The van der Waals surface area contributed by atoms with Crippen molar-refractivity contribution in [1.82, 2.24) is 15.1 Å². The second kappa shape index (κ2) is 7.02. The van der Waals surface area contributed by atoms with Crippen LogP contribution in [0.3, 0.4) is 0 Å². The zero-order valence-corrected chi connectivity index (χ0v) is 15.6. The molecule has 8 heteroatoms. The van der Waals surface area contributed by atoms with Crippen LogP contribution in [0.15, 0.2) is 30.5 Å². The van der Waals surface area contributed by atoms with Crippen molar-refractivity contribution in [3.05, 3.63) is 46.7 Å². The Hall–Kier alpha value is -1.73. The van der Waals surface area contributed by atoms with Gasteiger partial charge in [-0.2, -0.15) is 5.10 Å². The maximum Gasteiger partial charge on any atom is 0.573 e. The van der Waals surface area contributed by atoms with E-state index >= 15 is 0 Å². The van der Waals surface area contributed by atoms with Crippen molar-refractivity contribution in [1.29, 1.82) is 0 Å². The lowest BCUT2D eigenvalue weighted by molar-refractivity contribution is -0.274. The van der Waals surface area contributed by atoms with Crippen LogP contribution in [0.1, 0.15) is 30.6 Å². The van der Waals surface area contributed by atoms with Gasteiger partial charge in [0, 0.05) is 13.1 Å². The number of nitrogens with one attached hydrogen (secondary N) is 1. The number of aromatic nitrogens is 2. The van der Waals surface area contributed by atoms with E-state index in [9.17, 15) is 13.2 Å². The van der Waals surface area contributed by atoms with Crippen molar-refractivity contribution < 1.29 is 17.9 Å². The quantitative estimate of drug-likeness (QED) is 0.756. The number of H-pyrrole nitrogens is 1. The van der Waals surface area contributed by atoms with E-state index in [4.69, 9.17) is 11.6 Å². The van der Waals surface area contributed by atoms with E-state index in [0.29, 0.717) is 22.8 Å². The molecule has 1 aliphatic heterocycles. The first-order valence-electron chi connectivity index (χ1n) is 9.09. The van der Waals surface area contributed by atoms with Gasteiger partial charge >= 0.3 is 6.36 Å². The van der Waals surface area contributed by atoms with Gasteiger partial charge in [0.2, 0.25) is 0 Å². The number of likely N-dealkylation sites (tertiary alicyclic amines) is 1. The Morgan fingerprint density at radius 1 is 1.33 bits per heavy atom. The standard InChI is InChI=1S/C19H21ClF3N3O/c1-11(18-17(20)8-24-25-18)26-9-15-14(16(15)10-26)6-5-12-3-2-4-13(7-12)27-19(21,22)23/h2-4,7-8,11,14-16H,5-6,9-10H2,1H3,(H,24,25). The van der Waals surface area contributed by atoms with Crippen LogP contribution in [0, 0.1) is 17.8 Å². The summed E-state index contributed by atoms with van der Waals surface area (Å²) in [6.45, 7) is 4.19. The third kappa shape index (κ3) is 4.09. The molecular weight excluding hydrogens is 379 g/mol. The highest BCUT2D eigenvalue weighted by molar-refractivity contribution is 6.31. The van der Waals surface area contributed by atoms with Crippen LogP contribution < -0.4 is 4.74 Å². The number of rotatable bonds is 6. The predicted octanol–water partition coefficient (Wildman–Crippen LogP) is 4.83. The summed E-state index contributed by atoms with van der Waals surface area (Å²) in [6, 6.07) is 6.50. The molecule has 1 aromatic heterocycles. The van der Waals surface area contributed by atoms with Crippen LogP contribution in [0.2, 0.25) is 5.02 Å². The fourth-order valence-electron chi connectivity index (χ4n) is 4.41. The van der Waals surface area contributed by atoms with E-state index in [-0.39, 0.29) is 11.8 Å². The van der Waals surface area contributed by atoms with E-state index < -0.39 is 6.36 Å². The molecule has 0 radical (unpaired) electrons. The van der Waals surface area contributed by atoms with Gasteiger partial charge in [-0.05, 0) is 55.2 Å². The summed E-state index contributed by atoms with van der Waals surface area (Å²) in [5.41, 5.74) is 1.84. The lowest BCUT2D eigenvalue weighted by atomic mass is 10.0. The zero-order valence-electron chi connectivity index (χ0n) is 14.8. The fraction of sp³-hybridized carbons (Fsp3) is 0.526. The van der Waals surface area contributed by atoms with Crippen LogP contribution in [-0.2, 0) is 6.42 Å². The van der Waals surface area contributed by atoms with Gasteiger partial charge in [0.05, 0.1) is 23.0 Å². The molecule has 1 saturated heterocycles. The number of alkyl halides is 3. The lowest BCUT2D eigenvalue weighted by Crippen LogP contribution is -2.28. The third-order valence-electron chi connectivity index (χ3n) is 5.88. The van der Waals surface area contributed by atoms with E-state index in [1.807, 2.05) is 6.07 Å². The number of aromatic amines is 1. The molecule has 2 heterocycles. The molecule has 146 valence electrons. The lowest BCUT2D eigenvalue weighted by Gasteiger charge is -2.26. The highest BCUT2D eigenvalue weighted by Gasteiger charge is 2.55. The number of hydrogen-bond donors (Lipinski definition) is 1. The first-order chi connectivity index (χ1) is 12.8. The van der Waals surface area contributed by atoms with Crippen LogP contribution >= 0.6 is 11.6 Å². The minimum Gasteiger partial charge on any atom is -0.406 e. The van der Waals surface area contributed by atoms with Crippen molar-refractivity contribution in [2.75, 3.05) is 13.1 Å². The van der Waals surface area contributed by atoms with E-state index in [1.54, 1.807) is 12.3 Å². The van der Waals surface area contributed by atoms with Crippen molar-refractivity contribution in [3.63, 3.8) is 0 Å². The monoisotopic (exact) mass is 399 g/mol. The number of piperidine rings is 1. The van der Waals surface area contributed by atoms with E-state index in [0.717, 1.165) is 37.2 Å². The molecule has 1 aromatic carbocycles. The maximum absolute atomic E-state index is 12.3. The van der Waals surface area contributed by atoms with Crippen LogP contribution in [0.25, 0.3) is 0 Å². The molecule has 0 amide bonds. The second-order valence-electron chi connectivity index (χ2n) is 7.49. The fourth-order valence-corrected chi connectivity index (χ4v) is 4.66. The summed E-state index contributed by atoms with van der Waals surface area (Å²) in [5.74, 6) is 1.85. The average Bonchev–Trinajstić information content (AvgIpc) is 2.95. The topological polar surface area (TPSA) is 41.2 Å². The Bertz CT molecular complexity index is 797. The minimum atomic E-state index is -4.65. The summed E-state index contributed by atoms with van der Waals surface area (Å²) in [7, 11) is 0. The molecule has 0 spiro atoms. The van der Waals surface area contributed by atoms with Crippen LogP contribution in [0.4, 0.5) is 13.2 Å². The number of aryl methyl sites for hydroxylation is 1. The largest absolute Gasteiger partial charge is 0.573 e. The van der Waals surface area contributed by atoms with Crippen molar-refractivity contribution in [2.45, 2.75) is 32.2 Å². The summed E-state index contributed by atoms with van der Waals surface area (Å²) in [4.78, 5) is 2.42. The van der Waals surface area contributed by atoms with E-state index in [1.165, 1.54) is 12.1 Å². The number of halogens is 4. The molecule has 27 heavy (non-hydrogen) atoms. The first kappa shape index (κ1) is 18.6.